The molecule has 1 aliphatic carbocycles. The average Bonchev–Trinajstić information content (AvgIpc) is 2.98. The molecule has 0 aromatic heterocycles. The number of nitrogens with one attached hydrogen (secondary N) is 2. The van der Waals surface area contributed by atoms with Crippen LogP contribution < -0.4 is 10.6 Å². The molecule has 0 aliphatic heterocycles. The predicted octanol–water partition coefficient (Wildman–Crippen LogP) is 2.30. The van der Waals surface area contributed by atoms with Crippen LogP contribution >= 0.6 is 11.8 Å². The second-order valence-electron chi connectivity index (χ2n) is 5.65. The van der Waals surface area contributed by atoms with E-state index in [1.165, 1.54) is 35.7 Å². The molecule has 1 aliphatic rings. The molecule has 2 N–H and O–H groups in total. The lowest BCUT2D eigenvalue weighted by atomic mass is 10.1. The Balaban J connectivity index is 1.76. The topological polar surface area (TPSA) is 58.2 Å². The highest BCUT2D eigenvalue weighted by Crippen LogP contribution is 2.27. The monoisotopic (exact) mass is 320 g/mol. The van der Waals surface area contributed by atoms with Crippen LogP contribution in [0.15, 0.2) is 23.1 Å². The minimum Gasteiger partial charge on any atom is -0.354 e. The van der Waals surface area contributed by atoms with Crippen LogP contribution in [0.2, 0.25) is 0 Å². The Bertz CT molecular complexity index is 545. The van der Waals surface area contributed by atoms with Crippen molar-refractivity contribution < 1.29 is 9.59 Å². The van der Waals surface area contributed by atoms with Crippen LogP contribution in [0.1, 0.15) is 37.8 Å². The molecule has 0 saturated heterocycles. The van der Waals surface area contributed by atoms with Gasteiger partial charge in [-0.2, -0.15) is 0 Å². The fourth-order valence-corrected chi connectivity index (χ4v) is 3.31. The Morgan fingerprint density at radius 3 is 2.82 bits per heavy atom. The molecule has 1 atom stereocenters. The van der Waals surface area contributed by atoms with Gasteiger partial charge in [-0.3, -0.25) is 9.59 Å². The second-order valence-corrected chi connectivity index (χ2v) is 6.70. The van der Waals surface area contributed by atoms with Gasteiger partial charge in [-0.1, -0.05) is 13.0 Å². The molecule has 120 valence electrons. The van der Waals surface area contributed by atoms with E-state index in [1.807, 2.05) is 6.92 Å². The first-order valence-electron chi connectivity index (χ1n) is 7.92. The first-order chi connectivity index (χ1) is 10.6. The molecular formula is C17H24N2O2S. The predicted molar refractivity (Wildman–Crippen MR) is 90.1 cm³/mol. The maximum absolute atomic E-state index is 11.9. The van der Waals surface area contributed by atoms with Gasteiger partial charge in [0.15, 0.2) is 0 Å². The summed E-state index contributed by atoms with van der Waals surface area (Å²) >= 11 is 1.52. The Kier molecular flexibility index (Phi) is 6.31. The Hall–Kier alpha value is -1.49. The number of thioether (sulfide) groups is 1. The summed E-state index contributed by atoms with van der Waals surface area (Å²) in [6, 6.07) is 5.96. The Morgan fingerprint density at radius 1 is 1.27 bits per heavy atom. The van der Waals surface area contributed by atoms with Crippen molar-refractivity contribution in [2.45, 2.75) is 50.5 Å². The van der Waals surface area contributed by atoms with Gasteiger partial charge >= 0.3 is 0 Å². The van der Waals surface area contributed by atoms with Gasteiger partial charge in [-0.25, -0.2) is 0 Å². The number of benzene rings is 1. The summed E-state index contributed by atoms with van der Waals surface area (Å²) in [5, 5.41) is 5.52. The van der Waals surface area contributed by atoms with Crippen molar-refractivity contribution in [2.75, 3.05) is 12.3 Å². The van der Waals surface area contributed by atoms with Crippen molar-refractivity contribution in [1.82, 2.24) is 10.6 Å². The number of rotatable bonds is 7. The van der Waals surface area contributed by atoms with E-state index in [4.69, 9.17) is 0 Å². The maximum atomic E-state index is 11.9. The number of carbonyl (C=O) groups is 2. The molecule has 0 bridgehead atoms. The fraction of sp³-hybridized carbons (Fsp3) is 0.529. The average molecular weight is 320 g/mol. The smallest absolute Gasteiger partial charge is 0.242 e. The summed E-state index contributed by atoms with van der Waals surface area (Å²) in [5.74, 6) is 0.104. The van der Waals surface area contributed by atoms with Crippen LogP contribution in [0.3, 0.4) is 0 Å². The van der Waals surface area contributed by atoms with Crippen LogP contribution in [0.5, 0.6) is 0 Å². The standard InChI is InChI=1S/C17H24N2O2S/c1-3-9-18-17(21)12(2)19-16(20)11-22-15-8-7-13-5-4-6-14(13)10-15/h7-8,10,12H,3-6,9,11H2,1-2H3,(H,18,21)(H,19,20)/t12-/m1/s1. The van der Waals surface area contributed by atoms with Crippen molar-refractivity contribution in [1.29, 1.82) is 0 Å². The third kappa shape index (κ3) is 4.77. The number of hydrogen-bond donors (Lipinski definition) is 2. The maximum Gasteiger partial charge on any atom is 0.242 e. The van der Waals surface area contributed by atoms with E-state index in [2.05, 4.69) is 28.8 Å². The molecule has 1 aromatic carbocycles. The highest BCUT2D eigenvalue weighted by atomic mass is 32.2. The van der Waals surface area contributed by atoms with Gasteiger partial charge in [0.1, 0.15) is 6.04 Å². The van der Waals surface area contributed by atoms with Crippen LogP contribution in [-0.2, 0) is 22.4 Å². The van der Waals surface area contributed by atoms with Gasteiger partial charge in [0.05, 0.1) is 5.75 Å². The third-order valence-electron chi connectivity index (χ3n) is 3.76. The summed E-state index contributed by atoms with van der Waals surface area (Å²) in [5.41, 5.74) is 2.85. The Morgan fingerprint density at radius 2 is 2.05 bits per heavy atom. The molecule has 2 amide bonds. The lowest BCUT2D eigenvalue weighted by Crippen LogP contribution is -2.45. The number of hydrogen-bond acceptors (Lipinski definition) is 3. The first-order valence-corrected chi connectivity index (χ1v) is 8.90. The van der Waals surface area contributed by atoms with Crippen LogP contribution in [-0.4, -0.2) is 30.2 Å². The fourth-order valence-electron chi connectivity index (χ4n) is 2.54. The van der Waals surface area contributed by atoms with Crippen LogP contribution in [0.4, 0.5) is 0 Å². The molecule has 1 aromatic rings. The van der Waals surface area contributed by atoms with E-state index in [9.17, 15) is 9.59 Å². The largest absolute Gasteiger partial charge is 0.354 e. The zero-order valence-corrected chi connectivity index (χ0v) is 14.1. The van der Waals surface area contributed by atoms with Gasteiger partial charge in [0, 0.05) is 11.4 Å². The summed E-state index contributed by atoms with van der Waals surface area (Å²) in [6.07, 6.45) is 4.44. The van der Waals surface area contributed by atoms with E-state index < -0.39 is 6.04 Å². The highest BCUT2D eigenvalue weighted by Gasteiger charge is 2.15. The molecule has 22 heavy (non-hydrogen) atoms. The van der Waals surface area contributed by atoms with Crippen molar-refractivity contribution in [3.8, 4) is 0 Å². The van der Waals surface area contributed by atoms with E-state index >= 15 is 0 Å². The van der Waals surface area contributed by atoms with Crippen molar-refractivity contribution in [3.05, 3.63) is 29.3 Å². The van der Waals surface area contributed by atoms with Gasteiger partial charge in [-0.05, 0) is 55.9 Å². The number of amides is 2. The molecule has 0 spiro atoms. The van der Waals surface area contributed by atoms with Gasteiger partial charge in [0.25, 0.3) is 0 Å². The number of carbonyl (C=O) groups excluding carboxylic acids is 2. The quantitative estimate of drug-likeness (QED) is 0.758. The molecule has 0 heterocycles. The second kappa shape index (κ2) is 8.22. The lowest BCUT2D eigenvalue weighted by molar-refractivity contribution is -0.127. The van der Waals surface area contributed by atoms with Crippen molar-refractivity contribution in [3.63, 3.8) is 0 Å². The Labute approximate surface area is 136 Å². The highest BCUT2D eigenvalue weighted by molar-refractivity contribution is 8.00. The van der Waals surface area contributed by atoms with E-state index in [1.54, 1.807) is 6.92 Å². The summed E-state index contributed by atoms with van der Waals surface area (Å²) in [4.78, 5) is 24.8. The van der Waals surface area contributed by atoms with E-state index in [-0.39, 0.29) is 11.8 Å². The van der Waals surface area contributed by atoms with Crippen LogP contribution in [0.25, 0.3) is 0 Å². The zero-order valence-electron chi connectivity index (χ0n) is 13.3. The first kappa shape index (κ1) is 16.9. The SMILES string of the molecule is CCCNC(=O)[C@@H](C)NC(=O)CSc1ccc2c(c1)CCC2. The normalized spacial score (nSPS) is 14.3. The zero-order chi connectivity index (χ0) is 15.9. The molecule has 0 unspecified atom stereocenters. The van der Waals surface area contributed by atoms with Crippen molar-refractivity contribution >= 4 is 23.6 Å². The molecule has 5 heteroatoms. The molecule has 2 rings (SSSR count). The molecule has 0 fully saturated rings. The number of fused-ring (bicyclic) bond motifs is 1. The molecule has 0 radical (unpaired) electrons. The van der Waals surface area contributed by atoms with Crippen molar-refractivity contribution in [2.24, 2.45) is 0 Å². The molecule has 4 nitrogen and oxygen atoms in total. The lowest BCUT2D eigenvalue weighted by Gasteiger charge is -2.13. The van der Waals surface area contributed by atoms with Gasteiger partial charge < -0.3 is 10.6 Å². The van der Waals surface area contributed by atoms with Gasteiger partial charge in [0.2, 0.25) is 11.8 Å². The van der Waals surface area contributed by atoms with Crippen LogP contribution in [0, 0.1) is 0 Å². The summed E-state index contributed by atoms with van der Waals surface area (Å²) < 4.78 is 0. The third-order valence-corrected chi connectivity index (χ3v) is 4.75. The summed E-state index contributed by atoms with van der Waals surface area (Å²) in [6.45, 7) is 4.35. The van der Waals surface area contributed by atoms with E-state index in [0.717, 1.165) is 17.7 Å². The summed E-state index contributed by atoms with van der Waals surface area (Å²) in [7, 11) is 0. The minimum atomic E-state index is -0.486. The molecule has 0 saturated carbocycles. The minimum absolute atomic E-state index is 0.107. The van der Waals surface area contributed by atoms with Gasteiger partial charge in [-0.15, -0.1) is 11.8 Å². The number of aryl methyl sites for hydroxylation is 2. The molecular weight excluding hydrogens is 296 g/mol. The van der Waals surface area contributed by atoms with E-state index in [0.29, 0.717) is 12.3 Å².